The van der Waals surface area contributed by atoms with Gasteiger partial charge < -0.3 is 14.8 Å². The van der Waals surface area contributed by atoms with Crippen LogP contribution in [-0.2, 0) is 14.3 Å². The van der Waals surface area contributed by atoms with Crippen LogP contribution in [0.15, 0.2) is 30.3 Å². The van der Waals surface area contributed by atoms with Crippen LogP contribution >= 0.6 is 0 Å². The van der Waals surface area contributed by atoms with Crippen molar-refractivity contribution in [3.05, 3.63) is 30.3 Å². The van der Waals surface area contributed by atoms with Gasteiger partial charge in [0.1, 0.15) is 5.75 Å². The molecule has 0 heterocycles. The van der Waals surface area contributed by atoms with Crippen LogP contribution in [-0.4, -0.2) is 37.2 Å². The largest absolute Gasteiger partial charge is 0.482 e. The molecule has 1 fully saturated rings. The topological polar surface area (TPSA) is 93.7 Å². The summed E-state index contributed by atoms with van der Waals surface area (Å²) in [5, 5.41) is 4.84. The highest BCUT2D eigenvalue weighted by molar-refractivity contribution is 5.95. The van der Waals surface area contributed by atoms with Crippen molar-refractivity contribution >= 4 is 17.9 Å². The summed E-state index contributed by atoms with van der Waals surface area (Å²) in [6.45, 7) is -0.819. The van der Waals surface area contributed by atoms with E-state index in [4.69, 9.17) is 9.47 Å². The summed E-state index contributed by atoms with van der Waals surface area (Å²) < 4.78 is 9.92. The van der Waals surface area contributed by atoms with E-state index in [1.807, 2.05) is 6.07 Å². The summed E-state index contributed by atoms with van der Waals surface area (Å²) in [6, 6.07) is 8.34. The highest BCUT2D eigenvalue weighted by atomic mass is 16.6. The quantitative estimate of drug-likeness (QED) is 0.772. The molecule has 0 saturated heterocycles. The lowest BCUT2D eigenvalue weighted by Crippen LogP contribution is -2.45. The van der Waals surface area contributed by atoms with Gasteiger partial charge in [-0.05, 0) is 25.0 Å². The van der Waals surface area contributed by atoms with E-state index < -0.39 is 24.5 Å². The minimum atomic E-state index is -0.680. The van der Waals surface area contributed by atoms with Crippen molar-refractivity contribution < 1.29 is 23.9 Å². The molecule has 2 rings (SSSR count). The molecule has 1 aromatic rings. The van der Waals surface area contributed by atoms with Crippen LogP contribution in [0.25, 0.3) is 0 Å². The van der Waals surface area contributed by atoms with E-state index >= 15 is 0 Å². The Hall–Kier alpha value is -2.57. The molecule has 1 aromatic carbocycles. The second-order valence-electron chi connectivity index (χ2n) is 5.27. The van der Waals surface area contributed by atoms with Crippen LogP contribution in [0.3, 0.4) is 0 Å². The number of carbonyl (C=O) groups excluding carboxylic acids is 3. The fourth-order valence-electron chi connectivity index (χ4n) is 2.30. The summed E-state index contributed by atoms with van der Waals surface area (Å²) >= 11 is 0. The zero-order chi connectivity index (χ0) is 16.5. The number of esters is 1. The van der Waals surface area contributed by atoms with Gasteiger partial charge in [0, 0.05) is 6.04 Å². The number of hydrogen-bond donors (Lipinski definition) is 2. The Balaban J connectivity index is 1.59. The predicted molar refractivity (Wildman–Crippen MR) is 81.8 cm³/mol. The van der Waals surface area contributed by atoms with Crippen molar-refractivity contribution in [3.63, 3.8) is 0 Å². The van der Waals surface area contributed by atoms with Crippen LogP contribution in [0.1, 0.15) is 25.7 Å². The molecule has 7 nitrogen and oxygen atoms in total. The average molecular weight is 320 g/mol. The molecule has 0 unspecified atom stereocenters. The first kappa shape index (κ1) is 16.8. The van der Waals surface area contributed by atoms with Gasteiger partial charge in [0.05, 0.1) is 0 Å². The van der Waals surface area contributed by atoms with Crippen molar-refractivity contribution in [2.75, 3.05) is 13.2 Å². The Labute approximate surface area is 134 Å². The first-order valence-corrected chi connectivity index (χ1v) is 7.57. The van der Waals surface area contributed by atoms with Gasteiger partial charge in [0.15, 0.2) is 13.2 Å². The monoisotopic (exact) mass is 320 g/mol. The molecule has 3 amide bonds. The zero-order valence-corrected chi connectivity index (χ0v) is 12.7. The number of imide groups is 1. The molecule has 0 bridgehead atoms. The average Bonchev–Trinajstić information content (AvgIpc) is 3.04. The van der Waals surface area contributed by atoms with Gasteiger partial charge in [-0.15, -0.1) is 0 Å². The normalized spacial score (nSPS) is 14.1. The highest BCUT2D eigenvalue weighted by Crippen LogP contribution is 2.17. The van der Waals surface area contributed by atoms with E-state index in [9.17, 15) is 14.4 Å². The van der Waals surface area contributed by atoms with Crippen LogP contribution in [0.4, 0.5) is 4.79 Å². The summed E-state index contributed by atoms with van der Waals surface area (Å²) in [6.07, 6.45) is 4.01. The summed E-state index contributed by atoms with van der Waals surface area (Å²) in [4.78, 5) is 34.5. The fourth-order valence-corrected chi connectivity index (χ4v) is 2.30. The maximum absolute atomic E-state index is 11.6. The van der Waals surface area contributed by atoms with Crippen molar-refractivity contribution in [3.8, 4) is 5.75 Å². The van der Waals surface area contributed by atoms with Crippen molar-refractivity contribution in [1.29, 1.82) is 0 Å². The first-order chi connectivity index (χ1) is 11.1. The number of hydrogen-bond acceptors (Lipinski definition) is 5. The molecule has 1 aliphatic carbocycles. The van der Waals surface area contributed by atoms with Gasteiger partial charge in [-0.3, -0.25) is 10.1 Å². The molecule has 7 heteroatoms. The number of benzene rings is 1. The molecular weight excluding hydrogens is 300 g/mol. The Bertz CT molecular complexity index is 541. The SMILES string of the molecule is O=C(COC(=O)COc1ccccc1)NC(=O)NC1CCCC1. The van der Waals surface area contributed by atoms with E-state index in [1.54, 1.807) is 24.3 Å². The third-order valence-electron chi connectivity index (χ3n) is 3.41. The highest BCUT2D eigenvalue weighted by Gasteiger charge is 2.18. The lowest BCUT2D eigenvalue weighted by atomic mass is 10.2. The molecule has 124 valence electrons. The molecule has 0 radical (unpaired) electrons. The van der Waals surface area contributed by atoms with Gasteiger partial charge >= 0.3 is 12.0 Å². The molecule has 23 heavy (non-hydrogen) atoms. The van der Waals surface area contributed by atoms with Crippen LogP contribution in [0.5, 0.6) is 5.75 Å². The van der Waals surface area contributed by atoms with Crippen LogP contribution < -0.4 is 15.4 Å². The van der Waals surface area contributed by atoms with Gasteiger partial charge in [-0.1, -0.05) is 31.0 Å². The minimum absolute atomic E-state index is 0.115. The predicted octanol–water partition coefficient (Wildman–Crippen LogP) is 1.38. The molecule has 1 saturated carbocycles. The Morgan fingerprint density at radius 2 is 1.74 bits per heavy atom. The maximum Gasteiger partial charge on any atom is 0.344 e. The summed E-state index contributed by atoms with van der Waals surface area (Å²) in [7, 11) is 0. The van der Waals surface area contributed by atoms with E-state index in [1.165, 1.54) is 0 Å². The Morgan fingerprint density at radius 3 is 2.43 bits per heavy atom. The van der Waals surface area contributed by atoms with Crippen molar-refractivity contribution in [2.45, 2.75) is 31.7 Å². The lowest BCUT2D eigenvalue weighted by molar-refractivity contribution is -0.150. The van der Waals surface area contributed by atoms with Gasteiger partial charge in [-0.25, -0.2) is 9.59 Å². The number of para-hydroxylation sites is 1. The number of amides is 3. The number of nitrogens with one attached hydrogen (secondary N) is 2. The summed E-state index contributed by atoms with van der Waals surface area (Å²) in [5.41, 5.74) is 0. The smallest absolute Gasteiger partial charge is 0.344 e. The number of urea groups is 1. The second kappa shape index (κ2) is 8.77. The third-order valence-corrected chi connectivity index (χ3v) is 3.41. The lowest BCUT2D eigenvalue weighted by Gasteiger charge is -2.12. The molecule has 2 N–H and O–H groups in total. The molecule has 0 spiro atoms. The maximum atomic E-state index is 11.6. The zero-order valence-electron chi connectivity index (χ0n) is 12.7. The van der Waals surface area contributed by atoms with Crippen LogP contribution in [0.2, 0.25) is 0 Å². The van der Waals surface area contributed by atoms with E-state index in [2.05, 4.69) is 10.6 Å². The van der Waals surface area contributed by atoms with Gasteiger partial charge in [0.25, 0.3) is 5.91 Å². The third kappa shape index (κ3) is 6.37. The second-order valence-corrected chi connectivity index (χ2v) is 5.27. The number of carbonyl (C=O) groups is 3. The molecule has 1 aliphatic rings. The van der Waals surface area contributed by atoms with Crippen molar-refractivity contribution in [2.24, 2.45) is 0 Å². The summed E-state index contributed by atoms with van der Waals surface area (Å²) in [5.74, 6) is -0.821. The first-order valence-electron chi connectivity index (χ1n) is 7.57. The van der Waals surface area contributed by atoms with Crippen molar-refractivity contribution in [1.82, 2.24) is 10.6 Å². The number of rotatable bonds is 6. The molecular formula is C16H20N2O5. The minimum Gasteiger partial charge on any atom is -0.482 e. The Morgan fingerprint density at radius 1 is 1.04 bits per heavy atom. The molecule has 0 aliphatic heterocycles. The fraction of sp³-hybridized carbons (Fsp3) is 0.438. The van der Waals surface area contributed by atoms with E-state index in [0.29, 0.717) is 5.75 Å². The number of ether oxygens (including phenoxy) is 2. The van der Waals surface area contributed by atoms with E-state index in [0.717, 1.165) is 25.7 Å². The van der Waals surface area contributed by atoms with Crippen LogP contribution in [0, 0.1) is 0 Å². The molecule has 0 atom stereocenters. The standard InChI is InChI=1S/C16H20N2O5/c19-14(18-16(21)17-12-6-4-5-7-12)10-23-15(20)11-22-13-8-2-1-3-9-13/h1-3,8-9,12H,4-7,10-11H2,(H2,17,18,19,21). The molecule has 0 aromatic heterocycles. The van der Waals surface area contributed by atoms with Gasteiger partial charge in [-0.2, -0.15) is 0 Å². The Kier molecular flexibility index (Phi) is 6.40. The van der Waals surface area contributed by atoms with E-state index in [-0.39, 0.29) is 12.6 Å². The van der Waals surface area contributed by atoms with Gasteiger partial charge in [0.2, 0.25) is 0 Å².